The monoisotopic (exact) mass is 275 g/mol. The van der Waals surface area contributed by atoms with Crippen LogP contribution in [0.4, 0.5) is 0 Å². The van der Waals surface area contributed by atoms with E-state index in [4.69, 9.17) is 4.52 Å². The van der Waals surface area contributed by atoms with E-state index in [0.717, 1.165) is 30.4 Å². The van der Waals surface area contributed by atoms with Crippen molar-refractivity contribution in [2.24, 2.45) is 0 Å². The summed E-state index contributed by atoms with van der Waals surface area (Å²) in [6, 6.07) is 10.5. The molecule has 2 heterocycles. The Morgan fingerprint density at radius 2 is 2.16 bits per heavy atom. The van der Waals surface area contributed by atoms with E-state index in [-0.39, 0.29) is 6.04 Å². The number of aromatic nitrogens is 2. The van der Waals surface area contributed by atoms with Gasteiger partial charge in [-0.25, -0.2) is 0 Å². The van der Waals surface area contributed by atoms with Crippen LogP contribution in [0.3, 0.4) is 0 Å². The summed E-state index contributed by atoms with van der Waals surface area (Å²) in [6.07, 6.45) is 3.56. The lowest BCUT2D eigenvalue weighted by Crippen LogP contribution is -2.26. The summed E-state index contributed by atoms with van der Waals surface area (Å²) in [5.41, 5.74) is 0. The molecule has 2 aromatic rings. The van der Waals surface area contributed by atoms with Crippen LogP contribution in [0.1, 0.15) is 37.0 Å². The number of nitrogens with zero attached hydrogens (tertiary/aromatic N) is 2. The predicted octanol–water partition coefficient (Wildman–Crippen LogP) is 3.18. The molecule has 1 saturated heterocycles. The minimum absolute atomic E-state index is 0.247. The van der Waals surface area contributed by atoms with E-state index < -0.39 is 0 Å². The molecule has 1 aromatic carbocycles. The van der Waals surface area contributed by atoms with Gasteiger partial charge in [0.25, 0.3) is 0 Å². The first-order chi connectivity index (χ1) is 9.42. The Hall–Kier alpha value is -1.33. The highest BCUT2D eigenvalue weighted by Gasteiger charge is 2.20. The zero-order chi connectivity index (χ0) is 12.9. The summed E-state index contributed by atoms with van der Waals surface area (Å²) in [5.74, 6) is 2.26. The highest BCUT2D eigenvalue weighted by Crippen LogP contribution is 2.24. The lowest BCUT2D eigenvalue weighted by Gasteiger charge is -2.19. The molecule has 3 rings (SSSR count). The molecule has 0 unspecified atom stereocenters. The molecule has 0 saturated carbocycles. The van der Waals surface area contributed by atoms with Crippen LogP contribution in [-0.2, 0) is 5.75 Å². The Kier molecular flexibility index (Phi) is 4.15. The van der Waals surface area contributed by atoms with Crippen molar-refractivity contribution >= 4 is 11.8 Å². The van der Waals surface area contributed by atoms with Gasteiger partial charge >= 0.3 is 0 Å². The van der Waals surface area contributed by atoms with Crippen LogP contribution in [0.2, 0.25) is 0 Å². The fraction of sp³-hybridized carbons (Fsp3) is 0.429. The molecule has 5 heteroatoms. The van der Waals surface area contributed by atoms with Crippen LogP contribution in [0.15, 0.2) is 39.8 Å². The highest BCUT2D eigenvalue weighted by atomic mass is 32.2. The molecule has 1 fully saturated rings. The summed E-state index contributed by atoms with van der Waals surface area (Å²) < 4.78 is 5.36. The lowest BCUT2D eigenvalue weighted by atomic mass is 10.1. The third-order valence-electron chi connectivity index (χ3n) is 3.20. The Morgan fingerprint density at radius 1 is 1.26 bits per heavy atom. The lowest BCUT2D eigenvalue weighted by molar-refractivity contribution is 0.296. The van der Waals surface area contributed by atoms with E-state index >= 15 is 0 Å². The standard InChI is InChI=1S/C14H17N3OS/c1-2-6-11(7-3-1)19-10-13-16-14(18-17-13)12-8-4-5-9-15-12/h1-3,6-7,12,15H,4-5,8-10H2/t12-/m1/s1. The van der Waals surface area contributed by atoms with Gasteiger partial charge in [0.1, 0.15) is 0 Å². The number of thioether (sulfide) groups is 1. The van der Waals surface area contributed by atoms with Crippen molar-refractivity contribution in [3.05, 3.63) is 42.0 Å². The summed E-state index contributed by atoms with van der Waals surface area (Å²) >= 11 is 1.73. The van der Waals surface area contributed by atoms with Gasteiger partial charge in [-0.1, -0.05) is 29.8 Å². The quantitative estimate of drug-likeness (QED) is 0.869. The molecule has 1 aliphatic heterocycles. The maximum Gasteiger partial charge on any atom is 0.243 e. The normalized spacial score (nSPS) is 19.5. The summed E-state index contributed by atoms with van der Waals surface area (Å²) in [6.45, 7) is 1.04. The van der Waals surface area contributed by atoms with Crippen molar-refractivity contribution in [2.75, 3.05) is 6.54 Å². The molecule has 1 N–H and O–H groups in total. The second-order valence-electron chi connectivity index (χ2n) is 4.65. The molecule has 1 atom stereocenters. The van der Waals surface area contributed by atoms with Crippen molar-refractivity contribution in [1.29, 1.82) is 0 Å². The Bertz CT molecular complexity index is 508. The number of rotatable bonds is 4. The van der Waals surface area contributed by atoms with Crippen LogP contribution < -0.4 is 5.32 Å². The SMILES string of the molecule is c1ccc(SCc2noc([C@H]3CCCCN3)n2)cc1. The molecular weight excluding hydrogens is 258 g/mol. The molecule has 0 bridgehead atoms. The summed E-state index contributed by atoms with van der Waals surface area (Å²) in [7, 11) is 0. The molecule has 0 amide bonds. The second kappa shape index (κ2) is 6.21. The Labute approximate surface area is 117 Å². The van der Waals surface area contributed by atoms with Crippen LogP contribution in [0, 0.1) is 0 Å². The molecule has 0 spiro atoms. The molecule has 1 aliphatic rings. The molecule has 1 aromatic heterocycles. The van der Waals surface area contributed by atoms with Gasteiger partial charge in [-0.3, -0.25) is 0 Å². The molecular formula is C14H17N3OS. The van der Waals surface area contributed by atoms with Gasteiger partial charge in [0.05, 0.1) is 11.8 Å². The number of hydrogen-bond donors (Lipinski definition) is 1. The molecule has 0 radical (unpaired) electrons. The van der Waals surface area contributed by atoms with E-state index in [0.29, 0.717) is 0 Å². The number of nitrogens with one attached hydrogen (secondary N) is 1. The maximum atomic E-state index is 5.36. The second-order valence-corrected chi connectivity index (χ2v) is 5.70. The van der Waals surface area contributed by atoms with E-state index in [1.165, 1.54) is 17.7 Å². The van der Waals surface area contributed by atoms with Crippen LogP contribution in [-0.4, -0.2) is 16.7 Å². The van der Waals surface area contributed by atoms with Crippen LogP contribution >= 0.6 is 11.8 Å². The fourth-order valence-corrected chi connectivity index (χ4v) is 2.96. The zero-order valence-corrected chi connectivity index (χ0v) is 11.5. The largest absolute Gasteiger partial charge is 0.338 e. The van der Waals surface area contributed by atoms with Crippen molar-refractivity contribution in [2.45, 2.75) is 36.0 Å². The van der Waals surface area contributed by atoms with Gasteiger partial charge in [0.15, 0.2) is 5.82 Å². The van der Waals surface area contributed by atoms with Crippen molar-refractivity contribution in [1.82, 2.24) is 15.5 Å². The third kappa shape index (κ3) is 3.36. The summed E-state index contributed by atoms with van der Waals surface area (Å²) in [4.78, 5) is 5.71. The van der Waals surface area contributed by atoms with Crippen molar-refractivity contribution in [3.8, 4) is 0 Å². The maximum absolute atomic E-state index is 5.36. The Morgan fingerprint density at radius 3 is 2.95 bits per heavy atom. The molecule has 4 nitrogen and oxygen atoms in total. The zero-order valence-electron chi connectivity index (χ0n) is 10.7. The Balaban J connectivity index is 1.58. The van der Waals surface area contributed by atoms with E-state index in [9.17, 15) is 0 Å². The average Bonchev–Trinajstić information content (AvgIpc) is 2.96. The van der Waals surface area contributed by atoms with Gasteiger partial charge in [0, 0.05) is 4.90 Å². The predicted molar refractivity (Wildman–Crippen MR) is 74.9 cm³/mol. The van der Waals surface area contributed by atoms with Gasteiger partial charge in [-0.05, 0) is 31.5 Å². The van der Waals surface area contributed by atoms with Crippen LogP contribution in [0.25, 0.3) is 0 Å². The van der Waals surface area contributed by atoms with E-state index in [1.54, 1.807) is 11.8 Å². The molecule has 0 aliphatic carbocycles. The third-order valence-corrected chi connectivity index (χ3v) is 4.21. The van der Waals surface area contributed by atoms with Crippen molar-refractivity contribution < 1.29 is 4.52 Å². The molecule has 19 heavy (non-hydrogen) atoms. The molecule has 100 valence electrons. The number of benzene rings is 1. The van der Waals surface area contributed by atoms with Crippen molar-refractivity contribution in [3.63, 3.8) is 0 Å². The van der Waals surface area contributed by atoms with Gasteiger partial charge in [0.2, 0.25) is 5.89 Å². The van der Waals surface area contributed by atoms with Gasteiger partial charge < -0.3 is 9.84 Å². The first-order valence-corrected chi connectivity index (χ1v) is 7.64. The smallest absolute Gasteiger partial charge is 0.243 e. The van der Waals surface area contributed by atoms with Gasteiger partial charge in [-0.15, -0.1) is 11.8 Å². The van der Waals surface area contributed by atoms with E-state index in [2.05, 4.69) is 27.6 Å². The minimum Gasteiger partial charge on any atom is -0.338 e. The fourth-order valence-electron chi connectivity index (χ4n) is 2.19. The first-order valence-electron chi connectivity index (χ1n) is 6.65. The number of hydrogen-bond acceptors (Lipinski definition) is 5. The van der Waals surface area contributed by atoms with E-state index in [1.807, 2.05) is 18.2 Å². The summed E-state index contributed by atoms with van der Waals surface area (Å²) in [5, 5.41) is 7.48. The average molecular weight is 275 g/mol. The minimum atomic E-state index is 0.247. The topological polar surface area (TPSA) is 51.0 Å². The number of piperidine rings is 1. The first kappa shape index (κ1) is 12.7. The highest BCUT2D eigenvalue weighted by molar-refractivity contribution is 7.98. The van der Waals surface area contributed by atoms with Gasteiger partial charge in [-0.2, -0.15) is 4.98 Å². The van der Waals surface area contributed by atoms with Crippen LogP contribution in [0.5, 0.6) is 0 Å².